The van der Waals surface area contributed by atoms with E-state index in [1.54, 1.807) is 20.8 Å². The Morgan fingerprint density at radius 2 is 1.66 bits per heavy atom. The van der Waals surface area contributed by atoms with Crippen molar-refractivity contribution in [1.29, 1.82) is 0 Å². The Balaban J connectivity index is 1.48. The number of halogens is 1. The molecule has 2 unspecified atom stereocenters. The van der Waals surface area contributed by atoms with Crippen molar-refractivity contribution in [3.63, 3.8) is 0 Å². The van der Waals surface area contributed by atoms with E-state index in [0.717, 1.165) is 32.1 Å². The fraction of sp³-hybridized carbons (Fsp3) is 0.682. The van der Waals surface area contributed by atoms with Crippen LogP contribution in [0, 0.1) is 31.1 Å². The van der Waals surface area contributed by atoms with Gasteiger partial charge in [-0.1, -0.05) is 15.9 Å². The highest BCUT2D eigenvalue weighted by atomic mass is 79.9. The maximum atomic E-state index is 13.1. The molecule has 29 heavy (non-hydrogen) atoms. The van der Waals surface area contributed by atoms with Gasteiger partial charge in [-0.2, -0.15) is 0 Å². The second-order valence-electron chi connectivity index (χ2n) is 9.24. The molecule has 4 bridgehead atoms. The quantitative estimate of drug-likeness (QED) is 0.385. The molecule has 2 atom stereocenters. The number of alkyl halides is 1. The molecule has 0 spiro atoms. The third-order valence-electron chi connectivity index (χ3n) is 6.89. The first-order chi connectivity index (χ1) is 13.7. The van der Waals surface area contributed by atoms with Crippen LogP contribution in [0.15, 0.2) is 0 Å². The largest absolute Gasteiger partial charge is 0.462 e. The monoisotopic (exact) mass is 465 g/mol. The topological polar surface area (TPSA) is 85.5 Å². The number of H-pyrrole nitrogens is 1. The molecule has 1 aromatic heterocycles. The van der Waals surface area contributed by atoms with Gasteiger partial charge in [0.2, 0.25) is 5.78 Å². The van der Waals surface area contributed by atoms with Gasteiger partial charge in [0.15, 0.2) is 6.61 Å². The van der Waals surface area contributed by atoms with Crippen molar-refractivity contribution < 1.29 is 23.9 Å². The van der Waals surface area contributed by atoms with E-state index in [4.69, 9.17) is 9.47 Å². The zero-order valence-corrected chi connectivity index (χ0v) is 18.8. The molecular weight excluding hydrogens is 438 g/mol. The summed E-state index contributed by atoms with van der Waals surface area (Å²) in [5.74, 6) is -0.0491. The molecule has 1 aromatic rings. The molecule has 1 N–H and O–H groups in total. The van der Waals surface area contributed by atoms with E-state index < -0.39 is 11.4 Å². The van der Waals surface area contributed by atoms with Crippen LogP contribution in [0.5, 0.6) is 0 Å². The number of ether oxygens (including phenoxy) is 2. The lowest BCUT2D eigenvalue weighted by Gasteiger charge is -2.58. The van der Waals surface area contributed by atoms with E-state index >= 15 is 0 Å². The lowest BCUT2D eigenvalue weighted by Crippen LogP contribution is -2.56. The molecule has 0 saturated heterocycles. The van der Waals surface area contributed by atoms with Gasteiger partial charge in [-0.15, -0.1) is 0 Å². The van der Waals surface area contributed by atoms with Gasteiger partial charge in [0.1, 0.15) is 0 Å². The smallest absolute Gasteiger partial charge is 0.340 e. The van der Waals surface area contributed by atoms with E-state index in [9.17, 15) is 14.4 Å². The van der Waals surface area contributed by atoms with E-state index in [1.165, 1.54) is 6.42 Å². The highest BCUT2D eigenvalue weighted by molar-refractivity contribution is 9.10. The number of rotatable bonds is 6. The van der Waals surface area contributed by atoms with Gasteiger partial charge in [0, 0.05) is 15.7 Å². The van der Waals surface area contributed by atoms with Gasteiger partial charge >= 0.3 is 11.9 Å². The number of aryl methyl sites for hydroxylation is 2. The van der Waals surface area contributed by atoms with Crippen molar-refractivity contribution in [3.8, 4) is 0 Å². The number of aromatic nitrogens is 1. The average Bonchev–Trinajstić information content (AvgIpc) is 2.91. The minimum atomic E-state index is -0.536. The summed E-state index contributed by atoms with van der Waals surface area (Å²) in [6.07, 6.45) is 5.97. The van der Waals surface area contributed by atoms with Crippen molar-refractivity contribution >= 4 is 33.7 Å². The Morgan fingerprint density at radius 1 is 1.03 bits per heavy atom. The second kappa shape index (κ2) is 7.25. The summed E-state index contributed by atoms with van der Waals surface area (Å²) < 4.78 is 10.7. The fourth-order valence-corrected chi connectivity index (χ4v) is 7.79. The minimum absolute atomic E-state index is 0.0472. The number of ketones is 1. The third kappa shape index (κ3) is 3.56. The fourth-order valence-electron chi connectivity index (χ4n) is 6.33. The molecule has 4 aliphatic rings. The van der Waals surface area contributed by atoms with Crippen molar-refractivity contribution in [1.82, 2.24) is 4.98 Å². The molecule has 0 aliphatic heterocycles. The van der Waals surface area contributed by atoms with Gasteiger partial charge in [0.25, 0.3) is 0 Å². The van der Waals surface area contributed by atoms with Gasteiger partial charge in [0.05, 0.1) is 23.1 Å². The standard InChI is InChI=1S/C22H28BrNO5/c1-4-28-19(26)18-13(3)24-12(2)17(18)16(25)10-29-20(27)21-6-14-5-15(7-21)9-22(23,8-14)11-21/h14-15,24H,4-11H2,1-3H3. The summed E-state index contributed by atoms with van der Waals surface area (Å²) in [5.41, 5.74) is 1.19. The summed E-state index contributed by atoms with van der Waals surface area (Å²) in [6.45, 7) is 5.06. The number of esters is 2. The number of carbonyl (C=O) groups excluding carboxylic acids is 3. The van der Waals surface area contributed by atoms with Gasteiger partial charge in [-0.05, 0) is 71.1 Å². The van der Waals surface area contributed by atoms with E-state index in [1.807, 2.05) is 0 Å². The van der Waals surface area contributed by atoms with Crippen molar-refractivity contribution in [2.45, 2.75) is 63.6 Å². The first kappa shape index (κ1) is 20.6. The van der Waals surface area contributed by atoms with Crippen LogP contribution in [-0.2, 0) is 14.3 Å². The average molecular weight is 466 g/mol. The van der Waals surface area contributed by atoms with Crippen LogP contribution in [0.1, 0.15) is 77.6 Å². The molecular formula is C22H28BrNO5. The molecule has 7 heteroatoms. The van der Waals surface area contributed by atoms with Crippen LogP contribution in [0.25, 0.3) is 0 Å². The Labute approximate surface area is 179 Å². The summed E-state index contributed by atoms with van der Waals surface area (Å²) in [4.78, 5) is 41.3. The summed E-state index contributed by atoms with van der Waals surface area (Å²) in [7, 11) is 0. The predicted octanol–water partition coefficient (Wildman–Crippen LogP) is 4.27. The SMILES string of the molecule is CCOC(=O)c1c(C)[nH]c(C)c1C(=O)COC(=O)C12CC3CC(CC(Br)(C3)C1)C2. The Bertz CT molecular complexity index is 859. The van der Waals surface area contributed by atoms with Gasteiger partial charge < -0.3 is 14.5 Å². The molecule has 4 fully saturated rings. The second-order valence-corrected chi connectivity index (χ2v) is 10.9. The maximum Gasteiger partial charge on any atom is 0.340 e. The lowest BCUT2D eigenvalue weighted by atomic mass is 9.49. The third-order valence-corrected chi connectivity index (χ3v) is 7.82. The molecule has 0 amide bonds. The van der Waals surface area contributed by atoms with Crippen LogP contribution >= 0.6 is 15.9 Å². The molecule has 1 heterocycles. The normalized spacial score (nSPS) is 32.3. The molecule has 0 aromatic carbocycles. The first-order valence-corrected chi connectivity index (χ1v) is 11.2. The van der Waals surface area contributed by atoms with E-state index in [-0.39, 0.29) is 40.4 Å². The molecule has 158 valence electrons. The molecule has 5 rings (SSSR count). The number of Topliss-reactive ketones (excluding diaryl/α,β-unsaturated/α-hetero) is 1. The summed E-state index contributed by atoms with van der Waals surface area (Å²) in [5, 5.41) is 0. The Morgan fingerprint density at radius 3 is 2.24 bits per heavy atom. The lowest BCUT2D eigenvalue weighted by molar-refractivity contribution is -0.168. The number of hydrogen-bond donors (Lipinski definition) is 1. The predicted molar refractivity (Wildman–Crippen MR) is 110 cm³/mol. The summed E-state index contributed by atoms with van der Waals surface area (Å²) in [6, 6.07) is 0. The van der Waals surface area contributed by atoms with Crippen molar-refractivity contribution in [2.75, 3.05) is 13.2 Å². The zero-order valence-electron chi connectivity index (χ0n) is 17.2. The zero-order chi connectivity index (χ0) is 21.0. The highest BCUT2D eigenvalue weighted by Gasteiger charge is 2.60. The number of carbonyl (C=O) groups is 3. The van der Waals surface area contributed by atoms with Crippen molar-refractivity contribution in [2.24, 2.45) is 17.3 Å². The van der Waals surface area contributed by atoms with Gasteiger partial charge in [-0.3, -0.25) is 9.59 Å². The molecule has 4 saturated carbocycles. The van der Waals surface area contributed by atoms with Gasteiger partial charge in [-0.25, -0.2) is 4.79 Å². The van der Waals surface area contributed by atoms with Crippen LogP contribution in [-0.4, -0.2) is 40.2 Å². The van der Waals surface area contributed by atoms with Crippen LogP contribution in [0.2, 0.25) is 0 Å². The Hall–Kier alpha value is -1.63. The first-order valence-electron chi connectivity index (χ1n) is 10.4. The van der Waals surface area contributed by atoms with Crippen molar-refractivity contribution in [3.05, 3.63) is 22.5 Å². The molecule has 6 nitrogen and oxygen atoms in total. The number of hydrogen-bond acceptors (Lipinski definition) is 5. The molecule has 0 radical (unpaired) electrons. The van der Waals surface area contributed by atoms with Crippen LogP contribution in [0.4, 0.5) is 0 Å². The maximum absolute atomic E-state index is 13.1. The Kier molecular flexibility index (Phi) is 5.16. The highest BCUT2D eigenvalue weighted by Crippen LogP contribution is 2.64. The summed E-state index contributed by atoms with van der Waals surface area (Å²) >= 11 is 3.90. The minimum Gasteiger partial charge on any atom is -0.462 e. The van der Waals surface area contributed by atoms with E-state index in [0.29, 0.717) is 23.2 Å². The van der Waals surface area contributed by atoms with Crippen LogP contribution < -0.4 is 0 Å². The van der Waals surface area contributed by atoms with E-state index in [2.05, 4.69) is 20.9 Å². The number of nitrogens with one attached hydrogen (secondary N) is 1. The van der Waals surface area contributed by atoms with Crippen LogP contribution in [0.3, 0.4) is 0 Å². The molecule has 4 aliphatic carbocycles. The number of aromatic amines is 1.